The first-order chi connectivity index (χ1) is 20.7. The van der Waals surface area contributed by atoms with Gasteiger partial charge in [0.25, 0.3) is 11.7 Å². The van der Waals surface area contributed by atoms with Crippen LogP contribution in [0.2, 0.25) is 0 Å². The quantitative estimate of drug-likeness (QED) is 0.124. The van der Waals surface area contributed by atoms with Crippen molar-refractivity contribution in [3.63, 3.8) is 0 Å². The van der Waals surface area contributed by atoms with E-state index in [0.717, 1.165) is 22.4 Å². The van der Waals surface area contributed by atoms with Crippen molar-refractivity contribution >= 4 is 17.4 Å². The summed E-state index contributed by atoms with van der Waals surface area (Å²) >= 11 is 0. The summed E-state index contributed by atoms with van der Waals surface area (Å²) in [5.41, 5.74) is 3.74. The Morgan fingerprint density at radius 3 is 2.28 bits per heavy atom. The topological polar surface area (TPSA) is 85.3 Å². The van der Waals surface area contributed by atoms with Crippen molar-refractivity contribution in [3.8, 4) is 17.2 Å². The number of ketones is 1. The Morgan fingerprint density at radius 2 is 1.60 bits per heavy atom. The molecule has 4 aromatic rings. The highest BCUT2D eigenvalue weighted by atomic mass is 16.5. The molecule has 0 aliphatic carbocycles. The molecule has 1 atom stereocenters. The van der Waals surface area contributed by atoms with Gasteiger partial charge in [0.15, 0.2) is 0 Å². The van der Waals surface area contributed by atoms with E-state index in [-0.39, 0.29) is 24.0 Å². The van der Waals surface area contributed by atoms with Crippen molar-refractivity contribution in [1.29, 1.82) is 0 Å². The van der Waals surface area contributed by atoms with E-state index < -0.39 is 17.7 Å². The molecule has 1 unspecified atom stereocenters. The maximum Gasteiger partial charge on any atom is 0.295 e. The van der Waals surface area contributed by atoms with Crippen LogP contribution in [0.5, 0.6) is 17.2 Å². The van der Waals surface area contributed by atoms with E-state index in [1.54, 1.807) is 43.5 Å². The van der Waals surface area contributed by atoms with Gasteiger partial charge in [-0.15, -0.1) is 0 Å². The summed E-state index contributed by atoms with van der Waals surface area (Å²) in [5, 5.41) is 11.6. The third-order valence-electron chi connectivity index (χ3n) is 7.28. The first kappa shape index (κ1) is 29.5. The standard InChI is InChI=1S/C36H35NO6/c1-23(2)43-29-16-13-25(14-17-29)21-37-33(27-11-8-12-30(20-27)41-4)32(35(39)36(37)40)34(38)28-15-18-31(24(3)19-28)42-22-26-9-6-5-7-10-26/h5-20,23,33,38H,21-22H2,1-4H3/b34-32-. The molecule has 43 heavy (non-hydrogen) atoms. The monoisotopic (exact) mass is 577 g/mol. The third kappa shape index (κ3) is 6.56. The molecule has 5 rings (SSSR count). The van der Waals surface area contributed by atoms with Crippen LogP contribution in [0.25, 0.3) is 5.76 Å². The maximum atomic E-state index is 13.6. The molecule has 1 heterocycles. The largest absolute Gasteiger partial charge is 0.507 e. The number of hydrogen-bond acceptors (Lipinski definition) is 6. The number of aliphatic hydroxyl groups excluding tert-OH is 1. The zero-order valence-corrected chi connectivity index (χ0v) is 24.7. The average Bonchev–Trinajstić information content (AvgIpc) is 3.26. The summed E-state index contributed by atoms with van der Waals surface area (Å²) in [6.45, 7) is 6.35. The number of rotatable bonds is 10. The predicted molar refractivity (Wildman–Crippen MR) is 165 cm³/mol. The lowest BCUT2D eigenvalue weighted by Crippen LogP contribution is -2.29. The van der Waals surface area contributed by atoms with Crippen molar-refractivity contribution in [2.75, 3.05) is 7.11 Å². The number of carbonyl (C=O) groups excluding carboxylic acids is 2. The molecule has 1 saturated heterocycles. The molecule has 7 nitrogen and oxygen atoms in total. The Balaban J connectivity index is 1.50. The molecule has 220 valence electrons. The SMILES string of the molecule is COc1cccc(C2/C(=C(/O)c3ccc(OCc4ccccc4)c(C)c3)C(=O)C(=O)N2Cc2ccc(OC(C)C)cc2)c1. The number of benzene rings is 4. The first-order valence-corrected chi connectivity index (χ1v) is 14.2. The molecule has 0 bridgehead atoms. The van der Waals surface area contributed by atoms with Gasteiger partial charge in [-0.05, 0) is 85.5 Å². The minimum Gasteiger partial charge on any atom is -0.507 e. The lowest BCUT2D eigenvalue weighted by molar-refractivity contribution is -0.140. The molecule has 1 aliphatic rings. The highest BCUT2D eigenvalue weighted by Gasteiger charge is 2.46. The van der Waals surface area contributed by atoms with Crippen molar-refractivity contribution in [1.82, 2.24) is 4.90 Å². The molecule has 1 amide bonds. The molecule has 0 aromatic heterocycles. The van der Waals surface area contributed by atoms with Crippen molar-refractivity contribution in [2.45, 2.75) is 46.1 Å². The summed E-state index contributed by atoms with van der Waals surface area (Å²) in [7, 11) is 1.56. The van der Waals surface area contributed by atoms with E-state index in [1.807, 2.05) is 81.4 Å². The van der Waals surface area contributed by atoms with Crippen LogP contribution in [-0.2, 0) is 22.7 Å². The van der Waals surface area contributed by atoms with E-state index in [9.17, 15) is 14.7 Å². The fourth-order valence-corrected chi connectivity index (χ4v) is 5.19. The van der Waals surface area contributed by atoms with Gasteiger partial charge in [-0.2, -0.15) is 0 Å². The van der Waals surface area contributed by atoms with Gasteiger partial charge in [0.2, 0.25) is 0 Å². The lowest BCUT2D eigenvalue weighted by Gasteiger charge is -2.26. The van der Waals surface area contributed by atoms with E-state index in [2.05, 4.69) is 0 Å². The third-order valence-corrected chi connectivity index (χ3v) is 7.28. The second kappa shape index (κ2) is 12.9. The van der Waals surface area contributed by atoms with E-state index in [1.165, 1.54) is 4.90 Å². The molecule has 1 N–H and O–H groups in total. The summed E-state index contributed by atoms with van der Waals surface area (Å²) in [6, 6.07) is 28.9. The minimum absolute atomic E-state index is 0.0235. The Bertz CT molecular complexity index is 1640. The highest BCUT2D eigenvalue weighted by molar-refractivity contribution is 6.46. The number of Topliss-reactive ketones (excluding diaryl/α,β-unsaturated/α-hetero) is 1. The van der Waals surface area contributed by atoms with Crippen molar-refractivity contribution < 1.29 is 28.9 Å². The predicted octanol–water partition coefficient (Wildman–Crippen LogP) is 6.99. The summed E-state index contributed by atoms with van der Waals surface area (Å²) in [5.74, 6) is 0.288. The molecule has 1 aliphatic heterocycles. The minimum atomic E-state index is -0.823. The molecule has 0 spiro atoms. The van der Waals surface area contributed by atoms with Crippen molar-refractivity contribution in [2.24, 2.45) is 0 Å². The summed E-state index contributed by atoms with van der Waals surface area (Å²) in [4.78, 5) is 28.6. The number of nitrogens with zero attached hydrogens (tertiary/aromatic N) is 1. The van der Waals surface area contributed by atoms with Crippen LogP contribution in [0.1, 0.15) is 47.7 Å². The van der Waals surface area contributed by atoms with Crippen LogP contribution in [0.15, 0.2) is 103 Å². The van der Waals surface area contributed by atoms with Crippen LogP contribution in [0.3, 0.4) is 0 Å². The Labute approximate surface area is 252 Å². The van der Waals surface area contributed by atoms with Crippen molar-refractivity contribution in [3.05, 3.63) is 130 Å². The Kier molecular flexibility index (Phi) is 8.81. The normalized spacial score (nSPS) is 16.0. The molecule has 0 saturated carbocycles. The fourth-order valence-electron chi connectivity index (χ4n) is 5.19. The second-order valence-corrected chi connectivity index (χ2v) is 10.8. The van der Waals surface area contributed by atoms with Crippen LogP contribution < -0.4 is 14.2 Å². The molecule has 7 heteroatoms. The molecule has 4 aromatic carbocycles. The number of amides is 1. The molecule has 0 radical (unpaired) electrons. The molecular formula is C36H35NO6. The first-order valence-electron chi connectivity index (χ1n) is 14.2. The second-order valence-electron chi connectivity index (χ2n) is 10.8. The zero-order valence-electron chi connectivity index (χ0n) is 24.7. The number of aryl methyl sites for hydroxylation is 1. The number of carbonyl (C=O) groups is 2. The van der Waals surface area contributed by atoms with E-state index in [4.69, 9.17) is 14.2 Å². The highest BCUT2D eigenvalue weighted by Crippen LogP contribution is 2.41. The fraction of sp³-hybridized carbons (Fsp3) is 0.222. The lowest BCUT2D eigenvalue weighted by atomic mass is 9.94. The Morgan fingerprint density at radius 1 is 0.860 bits per heavy atom. The Hall–Kier alpha value is -5.04. The number of ether oxygens (including phenoxy) is 3. The average molecular weight is 578 g/mol. The number of hydrogen-bond donors (Lipinski definition) is 1. The van der Waals surface area contributed by atoms with Gasteiger partial charge in [0.05, 0.1) is 24.8 Å². The molecule has 1 fully saturated rings. The van der Waals surface area contributed by atoms with Gasteiger partial charge in [-0.1, -0.05) is 54.6 Å². The zero-order chi connectivity index (χ0) is 30.5. The number of likely N-dealkylation sites (tertiary alicyclic amines) is 1. The van der Waals surface area contributed by atoms with E-state index in [0.29, 0.717) is 29.2 Å². The van der Waals surface area contributed by atoms with E-state index >= 15 is 0 Å². The van der Waals surface area contributed by atoms with Gasteiger partial charge < -0.3 is 24.2 Å². The van der Waals surface area contributed by atoms with Crippen LogP contribution in [0.4, 0.5) is 0 Å². The molecular weight excluding hydrogens is 542 g/mol. The van der Waals surface area contributed by atoms with Crippen LogP contribution in [-0.4, -0.2) is 34.9 Å². The van der Waals surface area contributed by atoms with Crippen LogP contribution >= 0.6 is 0 Å². The number of aliphatic hydroxyl groups is 1. The summed E-state index contributed by atoms with van der Waals surface area (Å²) < 4.78 is 17.2. The van der Waals surface area contributed by atoms with Gasteiger partial charge in [-0.3, -0.25) is 9.59 Å². The van der Waals surface area contributed by atoms with Crippen LogP contribution in [0, 0.1) is 6.92 Å². The summed E-state index contributed by atoms with van der Waals surface area (Å²) in [6.07, 6.45) is 0.0323. The van der Waals surface area contributed by atoms with Gasteiger partial charge >= 0.3 is 0 Å². The van der Waals surface area contributed by atoms with Gasteiger partial charge in [0, 0.05) is 12.1 Å². The number of methoxy groups -OCH3 is 1. The maximum absolute atomic E-state index is 13.6. The van der Waals surface area contributed by atoms with Gasteiger partial charge in [0.1, 0.15) is 29.6 Å². The smallest absolute Gasteiger partial charge is 0.295 e. The van der Waals surface area contributed by atoms with Gasteiger partial charge in [-0.25, -0.2) is 0 Å².